The van der Waals surface area contributed by atoms with E-state index in [9.17, 15) is 4.79 Å². The molecular formula is C15H20N2OS. The highest BCUT2D eigenvalue weighted by Gasteiger charge is 2.29. The number of carbonyl (C=O) groups is 1. The predicted octanol–water partition coefficient (Wildman–Crippen LogP) is 3.32. The third kappa shape index (κ3) is 2.65. The van der Waals surface area contributed by atoms with Gasteiger partial charge in [0.2, 0.25) is 5.91 Å². The standard InChI is InChI=1S/C15H20N2OS/c1-16-14-12-8-7-11(9-13(12)17-15(14)18)19-10-5-3-2-4-6-10/h7-10,14,16H,2-6H2,1H3,(H,17,18). The van der Waals surface area contributed by atoms with E-state index in [0.717, 1.165) is 16.5 Å². The second-order valence-electron chi connectivity index (χ2n) is 5.34. The van der Waals surface area contributed by atoms with Crippen LogP contribution in [0.3, 0.4) is 0 Å². The summed E-state index contributed by atoms with van der Waals surface area (Å²) < 4.78 is 0. The quantitative estimate of drug-likeness (QED) is 0.890. The van der Waals surface area contributed by atoms with Crippen LogP contribution in [0.5, 0.6) is 0 Å². The second kappa shape index (κ2) is 5.55. The Morgan fingerprint density at radius 1 is 1.26 bits per heavy atom. The molecule has 1 aliphatic heterocycles. The SMILES string of the molecule is CNC1C(=O)Nc2cc(SC3CCCCC3)ccc21. The zero-order chi connectivity index (χ0) is 13.2. The number of carbonyl (C=O) groups excluding carboxylic acids is 1. The molecule has 4 heteroatoms. The molecule has 102 valence electrons. The van der Waals surface area contributed by atoms with Crippen molar-refractivity contribution in [3.63, 3.8) is 0 Å². The lowest BCUT2D eigenvalue weighted by Crippen LogP contribution is -2.23. The number of hydrogen-bond donors (Lipinski definition) is 2. The molecule has 1 heterocycles. The smallest absolute Gasteiger partial charge is 0.246 e. The first-order chi connectivity index (χ1) is 9.28. The second-order valence-corrected chi connectivity index (χ2v) is 6.71. The van der Waals surface area contributed by atoms with E-state index in [4.69, 9.17) is 0 Å². The number of amides is 1. The maximum absolute atomic E-state index is 11.8. The summed E-state index contributed by atoms with van der Waals surface area (Å²) in [4.78, 5) is 13.1. The minimum atomic E-state index is -0.191. The molecule has 19 heavy (non-hydrogen) atoms. The zero-order valence-electron chi connectivity index (χ0n) is 11.2. The molecule has 0 radical (unpaired) electrons. The molecule has 0 bridgehead atoms. The Kier molecular flexibility index (Phi) is 3.80. The Morgan fingerprint density at radius 2 is 2.05 bits per heavy atom. The molecule has 1 fully saturated rings. The number of fused-ring (bicyclic) bond motifs is 1. The van der Waals surface area contributed by atoms with Gasteiger partial charge in [-0.15, -0.1) is 11.8 Å². The summed E-state index contributed by atoms with van der Waals surface area (Å²) in [5.74, 6) is 0.0531. The Balaban J connectivity index is 1.75. The first kappa shape index (κ1) is 13.0. The highest BCUT2D eigenvalue weighted by Crippen LogP contribution is 2.38. The van der Waals surface area contributed by atoms with Gasteiger partial charge < -0.3 is 10.6 Å². The largest absolute Gasteiger partial charge is 0.324 e. The van der Waals surface area contributed by atoms with Gasteiger partial charge in [0.15, 0.2) is 0 Å². The minimum absolute atomic E-state index is 0.0531. The average molecular weight is 276 g/mol. The summed E-state index contributed by atoms with van der Waals surface area (Å²) in [7, 11) is 1.82. The van der Waals surface area contributed by atoms with Gasteiger partial charge in [0.05, 0.1) is 0 Å². The number of nitrogens with one attached hydrogen (secondary N) is 2. The number of likely N-dealkylation sites (N-methyl/N-ethyl adjacent to an activating group) is 1. The Hall–Kier alpha value is -1.00. The lowest BCUT2D eigenvalue weighted by Gasteiger charge is -2.21. The van der Waals surface area contributed by atoms with Crippen LogP contribution in [0.4, 0.5) is 5.69 Å². The van der Waals surface area contributed by atoms with Gasteiger partial charge in [-0.25, -0.2) is 0 Å². The zero-order valence-corrected chi connectivity index (χ0v) is 12.1. The van der Waals surface area contributed by atoms with E-state index >= 15 is 0 Å². The normalized spacial score (nSPS) is 23.2. The van der Waals surface area contributed by atoms with Crippen molar-refractivity contribution in [2.75, 3.05) is 12.4 Å². The molecule has 1 atom stereocenters. The molecule has 1 aromatic rings. The van der Waals surface area contributed by atoms with E-state index in [1.54, 1.807) is 0 Å². The molecule has 1 aliphatic carbocycles. The van der Waals surface area contributed by atoms with Crippen molar-refractivity contribution in [1.29, 1.82) is 0 Å². The van der Waals surface area contributed by atoms with Crippen LogP contribution in [0.1, 0.15) is 43.7 Å². The van der Waals surface area contributed by atoms with Crippen molar-refractivity contribution in [3.8, 4) is 0 Å². The first-order valence-corrected chi connectivity index (χ1v) is 7.94. The lowest BCUT2D eigenvalue weighted by molar-refractivity contribution is -0.117. The molecule has 0 spiro atoms. The molecule has 1 aromatic carbocycles. The number of rotatable bonds is 3. The van der Waals surface area contributed by atoms with E-state index in [1.807, 2.05) is 18.8 Å². The van der Waals surface area contributed by atoms with Gasteiger partial charge >= 0.3 is 0 Å². The molecule has 1 saturated carbocycles. The molecular weight excluding hydrogens is 256 g/mol. The summed E-state index contributed by atoms with van der Waals surface area (Å²) in [6.45, 7) is 0. The molecule has 3 nitrogen and oxygen atoms in total. The van der Waals surface area contributed by atoms with E-state index in [-0.39, 0.29) is 11.9 Å². The van der Waals surface area contributed by atoms with Crippen molar-refractivity contribution in [2.45, 2.75) is 48.3 Å². The fourth-order valence-corrected chi connectivity index (χ4v) is 4.26. The fraction of sp³-hybridized carbons (Fsp3) is 0.533. The summed E-state index contributed by atoms with van der Waals surface area (Å²) in [5.41, 5.74) is 2.05. The number of hydrogen-bond acceptors (Lipinski definition) is 3. The van der Waals surface area contributed by atoms with Crippen LogP contribution in [0.25, 0.3) is 0 Å². The number of thioether (sulfide) groups is 1. The van der Waals surface area contributed by atoms with Gasteiger partial charge in [0, 0.05) is 21.4 Å². The molecule has 1 unspecified atom stereocenters. The van der Waals surface area contributed by atoms with Crippen molar-refractivity contribution in [1.82, 2.24) is 5.32 Å². The minimum Gasteiger partial charge on any atom is -0.324 e. The van der Waals surface area contributed by atoms with Gasteiger partial charge in [-0.3, -0.25) is 4.79 Å². The van der Waals surface area contributed by atoms with Gasteiger partial charge in [-0.2, -0.15) is 0 Å². The first-order valence-electron chi connectivity index (χ1n) is 7.06. The Bertz CT molecular complexity index is 483. The van der Waals surface area contributed by atoms with Gasteiger partial charge in [0.25, 0.3) is 0 Å². The highest BCUT2D eigenvalue weighted by atomic mass is 32.2. The summed E-state index contributed by atoms with van der Waals surface area (Å²) in [6.07, 6.45) is 6.77. The van der Waals surface area contributed by atoms with E-state index < -0.39 is 0 Å². The number of anilines is 1. The average Bonchev–Trinajstić information content (AvgIpc) is 2.74. The highest BCUT2D eigenvalue weighted by molar-refractivity contribution is 8.00. The molecule has 0 aromatic heterocycles. The van der Waals surface area contributed by atoms with Crippen LogP contribution in [0, 0.1) is 0 Å². The molecule has 2 aliphatic rings. The topological polar surface area (TPSA) is 41.1 Å². The van der Waals surface area contributed by atoms with Crippen LogP contribution >= 0.6 is 11.8 Å². The van der Waals surface area contributed by atoms with Crippen LogP contribution in [0.2, 0.25) is 0 Å². The Morgan fingerprint density at radius 3 is 2.79 bits per heavy atom. The van der Waals surface area contributed by atoms with Gasteiger partial charge in [-0.1, -0.05) is 25.3 Å². The van der Waals surface area contributed by atoms with Crippen molar-refractivity contribution < 1.29 is 4.79 Å². The van der Waals surface area contributed by atoms with Crippen LogP contribution < -0.4 is 10.6 Å². The summed E-state index contributed by atoms with van der Waals surface area (Å²) >= 11 is 1.97. The Labute approximate surface area is 118 Å². The molecule has 0 saturated heterocycles. The van der Waals surface area contributed by atoms with Crippen LogP contribution in [-0.4, -0.2) is 18.2 Å². The van der Waals surface area contributed by atoms with Crippen molar-refractivity contribution in [3.05, 3.63) is 23.8 Å². The number of benzene rings is 1. The monoisotopic (exact) mass is 276 g/mol. The van der Waals surface area contributed by atoms with E-state index in [2.05, 4.69) is 28.8 Å². The maximum atomic E-state index is 11.8. The molecule has 1 amide bonds. The summed E-state index contributed by atoms with van der Waals surface area (Å²) in [5, 5.41) is 6.77. The maximum Gasteiger partial charge on any atom is 0.246 e. The third-order valence-corrected chi connectivity index (χ3v) is 5.33. The molecule has 3 rings (SSSR count). The fourth-order valence-electron chi connectivity index (χ4n) is 2.98. The van der Waals surface area contributed by atoms with Gasteiger partial charge in [-0.05, 0) is 32.0 Å². The van der Waals surface area contributed by atoms with Crippen molar-refractivity contribution >= 4 is 23.4 Å². The summed E-state index contributed by atoms with van der Waals surface area (Å²) in [6, 6.07) is 6.18. The van der Waals surface area contributed by atoms with Crippen LogP contribution in [0.15, 0.2) is 23.1 Å². The third-order valence-electron chi connectivity index (χ3n) is 4.00. The lowest BCUT2D eigenvalue weighted by atomic mass is 10.0. The van der Waals surface area contributed by atoms with Crippen molar-refractivity contribution in [2.24, 2.45) is 0 Å². The van der Waals surface area contributed by atoms with Gasteiger partial charge in [0.1, 0.15) is 6.04 Å². The van der Waals surface area contributed by atoms with Crippen LogP contribution in [-0.2, 0) is 4.79 Å². The van der Waals surface area contributed by atoms with E-state index in [0.29, 0.717) is 0 Å². The van der Waals surface area contributed by atoms with E-state index in [1.165, 1.54) is 37.0 Å². The molecule has 2 N–H and O–H groups in total. The predicted molar refractivity (Wildman–Crippen MR) is 79.6 cm³/mol.